The van der Waals surface area contributed by atoms with Gasteiger partial charge in [0.05, 0.1) is 5.41 Å². The molecule has 3 nitrogen and oxygen atoms in total. The Bertz CT molecular complexity index is 579. The summed E-state index contributed by atoms with van der Waals surface area (Å²) in [6.45, 7) is 6.43. The fourth-order valence-corrected chi connectivity index (χ4v) is 3.59. The predicted molar refractivity (Wildman–Crippen MR) is 84.4 cm³/mol. The molecule has 1 fully saturated rings. The van der Waals surface area contributed by atoms with Gasteiger partial charge in [-0.15, -0.1) is 0 Å². The lowest BCUT2D eigenvalue weighted by atomic mass is 9.64. The SMILES string of the molecule is CC(C)(C)Nc1nc(C2(c3ccccc3)CCC2)ns1. The first kappa shape index (κ1) is 13.6. The highest BCUT2D eigenvalue weighted by molar-refractivity contribution is 7.09. The molecule has 0 amide bonds. The average molecular weight is 287 g/mol. The molecule has 1 N–H and O–H groups in total. The van der Waals surface area contributed by atoms with E-state index in [-0.39, 0.29) is 11.0 Å². The third-order valence-corrected chi connectivity index (χ3v) is 4.50. The molecule has 0 unspecified atom stereocenters. The molecule has 106 valence electrons. The fourth-order valence-electron chi connectivity index (χ4n) is 2.72. The van der Waals surface area contributed by atoms with Crippen LogP contribution in [0.1, 0.15) is 51.4 Å². The van der Waals surface area contributed by atoms with Crippen molar-refractivity contribution in [2.45, 2.75) is 51.0 Å². The molecular weight excluding hydrogens is 266 g/mol. The van der Waals surface area contributed by atoms with Crippen LogP contribution < -0.4 is 5.32 Å². The molecule has 1 aromatic carbocycles. The first-order valence-electron chi connectivity index (χ1n) is 7.18. The topological polar surface area (TPSA) is 37.8 Å². The molecule has 0 saturated heterocycles. The van der Waals surface area contributed by atoms with Crippen molar-refractivity contribution in [1.82, 2.24) is 9.36 Å². The van der Waals surface area contributed by atoms with Gasteiger partial charge in [0.25, 0.3) is 0 Å². The van der Waals surface area contributed by atoms with Crippen LogP contribution >= 0.6 is 11.5 Å². The van der Waals surface area contributed by atoms with Crippen LogP contribution in [-0.4, -0.2) is 14.9 Å². The van der Waals surface area contributed by atoms with Gasteiger partial charge in [-0.25, -0.2) is 4.98 Å². The van der Waals surface area contributed by atoms with Gasteiger partial charge in [-0.05, 0) is 39.2 Å². The van der Waals surface area contributed by atoms with E-state index in [2.05, 4.69) is 60.8 Å². The summed E-state index contributed by atoms with van der Waals surface area (Å²) < 4.78 is 4.64. The molecule has 1 heterocycles. The summed E-state index contributed by atoms with van der Waals surface area (Å²) in [5.41, 5.74) is 1.43. The Morgan fingerprint density at radius 1 is 1.15 bits per heavy atom. The van der Waals surface area contributed by atoms with Crippen molar-refractivity contribution < 1.29 is 0 Å². The predicted octanol–water partition coefficient (Wildman–Crippen LogP) is 4.22. The van der Waals surface area contributed by atoms with Gasteiger partial charge in [0.15, 0.2) is 5.82 Å². The van der Waals surface area contributed by atoms with E-state index in [4.69, 9.17) is 4.98 Å². The standard InChI is InChI=1S/C16H21N3S/c1-15(2,3)18-14-17-13(19-20-14)16(10-7-11-16)12-8-5-4-6-9-12/h4-6,8-9H,7,10-11H2,1-3H3,(H,17,18,19). The number of nitrogens with zero attached hydrogens (tertiary/aromatic N) is 2. The van der Waals surface area contributed by atoms with E-state index in [0.29, 0.717) is 0 Å². The second kappa shape index (κ2) is 4.85. The second-order valence-corrected chi connectivity index (χ2v) is 7.35. The van der Waals surface area contributed by atoms with Crippen LogP contribution in [0.15, 0.2) is 30.3 Å². The quantitative estimate of drug-likeness (QED) is 0.918. The van der Waals surface area contributed by atoms with Gasteiger partial charge in [-0.1, -0.05) is 36.8 Å². The van der Waals surface area contributed by atoms with Crippen molar-refractivity contribution in [2.75, 3.05) is 5.32 Å². The van der Waals surface area contributed by atoms with Crippen LogP contribution in [-0.2, 0) is 5.41 Å². The smallest absolute Gasteiger partial charge is 0.203 e. The molecule has 3 rings (SSSR count). The summed E-state index contributed by atoms with van der Waals surface area (Å²) in [5.74, 6) is 0.992. The number of benzene rings is 1. The van der Waals surface area contributed by atoms with Gasteiger partial charge >= 0.3 is 0 Å². The third-order valence-electron chi connectivity index (χ3n) is 3.87. The maximum Gasteiger partial charge on any atom is 0.203 e. The highest BCUT2D eigenvalue weighted by atomic mass is 32.1. The van der Waals surface area contributed by atoms with Crippen LogP contribution in [0.25, 0.3) is 0 Å². The summed E-state index contributed by atoms with van der Waals surface area (Å²) in [5, 5.41) is 4.34. The van der Waals surface area contributed by atoms with Crippen molar-refractivity contribution in [3.05, 3.63) is 41.7 Å². The van der Waals surface area contributed by atoms with E-state index in [1.165, 1.54) is 23.5 Å². The number of rotatable bonds is 3. The molecule has 0 spiro atoms. The molecule has 1 saturated carbocycles. The van der Waals surface area contributed by atoms with Gasteiger partial charge < -0.3 is 5.32 Å². The number of hydrogen-bond acceptors (Lipinski definition) is 4. The zero-order chi connectivity index (χ0) is 14.2. The van der Waals surface area contributed by atoms with Crippen molar-refractivity contribution in [3.8, 4) is 0 Å². The Labute approximate surface area is 124 Å². The molecule has 1 aromatic heterocycles. The average Bonchev–Trinajstić information content (AvgIpc) is 2.75. The lowest BCUT2D eigenvalue weighted by Crippen LogP contribution is -2.36. The van der Waals surface area contributed by atoms with Gasteiger partial charge in [0.2, 0.25) is 5.13 Å². The Morgan fingerprint density at radius 2 is 1.85 bits per heavy atom. The van der Waals surface area contributed by atoms with Crippen LogP contribution in [0.4, 0.5) is 5.13 Å². The monoisotopic (exact) mass is 287 g/mol. The van der Waals surface area contributed by atoms with E-state index in [1.807, 2.05) is 0 Å². The summed E-state index contributed by atoms with van der Waals surface area (Å²) in [7, 11) is 0. The molecule has 0 bridgehead atoms. The van der Waals surface area contributed by atoms with Gasteiger partial charge in [0, 0.05) is 17.1 Å². The lowest BCUT2D eigenvalue weighted by molar-refractivity contribution is 0.288. The maximum atomic E-state index is 4.76. The molecule has 20 heavy (non-hydrogen) atoms. The van der Waals surface area contributed by atoms with E-state index < -0.39 is 0 Å². The zero-order valence-corrected chi connectivity index (χ0v) is 13.1. The Hall–Kier alpha value is -1.42. The minimum absolute atomic E-state index is 0.0241. The van der Waals surface area contributed by atoms with Crippen molar-refractivity contribution in [3.63, 3.8) is 0 Å². The van der Waals surface area contributed by atoms with E-state index in [0.717, 1.165) is 23.8 Å². The van der Waals surface area contributed by atoms with E-state index >= 15 is 0 Å². The third kappa shape index (κ3) is 2.44. The van der Waals surface area contributed by atoms with Crippen molar-refractivity contribution in [1.29, 1.82) is 0 Å². The van der Waals surface area contributed by atoms with Crippen LogP contribution in [0.2, 0.25) is 0 Å². The summed E-state index contributed by atoms with van der Waals surface area (Å²) in [4.78, 5) is 4.76. The summed E-state index contributed by atoms with van der Waals surface area (Å²) in [6.07, 6.45) is 3.57. The Balaban J connectivity index is 1.91. The largest absolute Gasteiger partial charge is 0.356 e. The van der Waals surface area contributed by atoms with Crippen molar-refractivity contribution >= 4 is 16.7 Å². The fraction of sp³-hybridized carbons (Fsp3) is 0.500. The lowest BCUT2D eigenvalue weighted by Gasteiger charge is -2.40. The number of hydrogen-bond donors (Lipinski definition) is 1. The minimum Gasteiger partial charge on any atom is -0.356 e. The molecule has 0 radical (unpaired) electrons. The van der Waals surface area contributed by atoms with Crippen LogP contribution in [0.5, 0.6) is 0 Å². The molecular formula is C16H21N3S. The number of nitrogens with one attached hydrogen (secondary N) is 1. The van der Waals surface area contributed by atoms with Crippen LogP contribution in [0.3, 0.4) is 0 Å². The molecule has 0 aliphatic heterocycles. The van der Waals surface area contributed by atoms with Crippen LogP contribution in [0, 0.1) is 0 Å². The molecule has 1 aliphatic carbocycles. The van der Waals surface area contributed by atoms with Gasteiger partial charge in [-0.3, -0.25) is 0 Å². The normalized spacial score (nSPS) is 17.6. The zero-order valence-electron chi connectivity index (χ0n) is 12.3. The first-order valence-corrected chi connectivity index (χ1v) is 7.95. The van der Waals surface area contributed by atoms with Gasteiger partial charge in [-0.2, -0.15) is 4.37 Å². The number of anilines is 1. The van der Waals surface area contributed by atoms with E-state index in [9.17, 15) is 0 Å². The molecule has 1 aliphatic rings. The van der Waals surface area contributed by atoms with Gasteiger partial charge in [0.1, 0.15) is 0 Å². The molecule has 0 atom stereocenters. The number of aromatic nitrogens is 2. The maximum absolute atomic E-state index is 4.76. The Kier molecular flexibility index (Phi) is 3.28. The molecule has 2 aromatic rings. The minimum atomic E-state index is 0.0241. The first-order chi connectivity index (χ1) is 9.50. The molecule has 4 heteroatoms. The Morgan fingerprint density at radius 3 is 2.40 bits per heavy atom. The highest BCUT2D eigenvalue weighted by Gasteiger charge is 2.43. The summed E-state index contributed by atoms with van der Waals surface area (Å²) >= 11 is 1.47. The summed E-state index contributed by atoms with van der Waals surface area (Å²) in [6, 6.07) is 10.7. The highest BCUT2D eigenvalue weighted by Crippen LogP contribution is 2.48. The second-order valence-electron chi connectivity index (χ2n) is 6.60. The van der Waals surface area contributed by atoms with E-state index in [1.54, 1.807) is 0 Å². The van der Waals surface area contributed by atoms with Crippen molar-refractivity contribution in [2.24, 2.45) is 0 Å².